The molecule has 0 spiro atoms. The standard InChI is InChI=1S/C30H26ClN3O2S/c1-37-23-16-12-20(13-17-23)18-25(24-6-2-3-7-26(24)31)30(36)33-19-21-10-14-22(15-11-21)29(35)34-28-9-5-4-8-27(28)32/h2-18H,19,32H2,1H3,(H,33,36)(H,34,35)/b25-18+. The highest BCUT2D eigenvalue weighted by atomic mass is 35.5. The number of nitrogens with two attached hydrogens (primary N) is 1. The van der Waals surface area contributed by atoms with E-state index in [9.17, 15) is 9.59 Å². The van der Waals surface area contributed by atoms with Crippen molar-refractivity contribution in [1.29, 1.82) is 0 Å². The second kappa shape index (κ2) is 12.3. The van der Waals surface area contributed by atoms with Crippen molar-refractivity contribution in [3.63, 3.8) is 0 Å². The van der Waals surface area contributed by atoms with Crippen LogP contribution in [-0.2, 0) is 11.3 Å². The zero-order valence-corrected chi connectivity index (χ0v) is 21.8. The maximum Gasteiger partial charge on any atom is 0.255 e. The van der Waals surface area contributed by atoms with Gasteiger partial charge in [-0.15, -0.1) is 11.8 Å². The summed E-state index contributed by atoms with van der Waals surface area (Å²) in [5, 5.41) is 6.29. The van der Waals surface area contributed by atoms with E-state index in [1.807, 2.05) is 79.1 Å². The van der Waals surface area contributed by atoms with Crippen LogP contribution in [0.5, 0.6) is 0 Å². The summed E-state index contributed by atoms with van der Waals surface area (Å²) in [7, 11) is 0. The van der Waals surface area contributed by atoms with Crippen LogP contribution in [0.15, 0.2) is 102 Å². The Bertz CT molecular complexity index is 1430. The van der Waals surface area contributed by atoms with Crippen molar-refractivity contribution in [1.82, 2.24) is 5.32 Å². The number of para-hydroxylation sites is 2. The van der Waals surface area contributed by atoms with Gasteiger partial charge in [0, 0.05) is 33.2 Å². The second-order valence-corrected chi connectivity index (χ2v) is 9.52. The predicted molar refractivity (Wildman–Crippen MR) is 155 cm³/mol. The Hall–Kier alpha value is -4.00. The van der Waals surface area contributed by atoms with Gasteiger partial charge >= 0.3 is 0 Å². The van der Waals surface area contributed by atoms with E-state index in [0.29, 0.717) is 39.6 Å². The number of nitrogens with one attached hydrogen (secondary N) is 2. The van der Waals surface area contributed by atoms with Gasteiger partial charge in [-0.05, 0) is 65.9 Å². The van der Waals surface area contributed by atoms with Crippen LogP contribution in [0.25, 0.3) is 11.6 Å². The molecule has 0 saturated carbocycles. The molecule has 5 nitrogen and oxygen atoms in total. The number of anilines is 2. The number of rotatable bonds is 8. The fourth-order valence-electron chi connectivity index (χ4n) is 3.67. The van der Waals surface area contributed by atoms with Gasteiger partial charge in [-0.2, -0.15) is 0 Å². The summed E-state index contributed by atoms with van der Waals surface area (Å²) in [5.41, 5.74) is 10.3. The summed E-state index contributed by atoms with van der Waals surface area (Å²) in [5.74, 6) is -0.506. The summed E-state index contributed by atoms with van der Waals surface area (Å²) < 4.78 is 0. The number of benzene rings is 4. The molecule has 186 valence electrons. The molecular formula is C30H26ClN3O2S. The minimum absolute atomic E-state index is 0.247. The number of hydrogen-bond donors (Lipinski definition) is 3. The average Bonchev–Trinajstić information content (AvgIpc) is 2.92. The number of nitrogen functional groups attached to an aromatic ring is 1. The van der Waals surface area contributed by atoms with E-state index < -0.39 is 0 Å². The highest BCUT2D eigenvalue weighted by Crippen LogP contribution is 2.27. The number of amides is 2. The van der Waals surface area contributed by atoms with E-state index >= 15 is 0 Å². The van der Waals surface area contributed by atoms with Crippen LogP contribution in [-0.4, -0.2) is 18.1 Å². The monoisotopic (exact) mass is 527 g/mol. The Kier molecular flexibility index (Phi) is 8.67. The van der Waals surface area contributed by atoms with Crippen LogP contribution >= 0.6 is 23.4 Å². The molecule has 4 aromatic rings. The van der Waals surface area contributed by atoms with Crippen molar-refractivity contribution < 1.29 is 9.59 Å². The molecule has 0 radical (unpaired) electrons. The SMILES string of the molecule is CSc1ccc(/C=C(/C(=O)NCc2ccc(C(=O)Nc3ccccc3N)cc2)c2ccccc2Cl)cc1. The summed E-state index contributed by atoms with van der Waals surface area (Å²) >= 11 is 8.10. The third-order valence-corrected chi connectivity index (χ3v) is 6.79. The van der Waals surface area contributed by atoms with E-state index in [1.165, 1.54) is 0 Å². The molecule has 0 atom stereocenters. The molecule has 0 aliphatic heterocycles. The lowest BCUT2D eigenvalue weighted by Gasteiger charge is -2.12. The van der Waals surface area contributed by atoms with Gasteiger partial charge in [0.05, 0.1) is 11.4 Å². The number of thioether (sulfide) groups is 1. The van der Waals surface area contributed by atoms with Crippen LogP contribution in [0.4, 0.5) is 11.4 Å². The molecule has 2 amide bonds. The van der Waals surface area contributed by atoms with E-state index in [4.69, 9.17) is 17.3 Å². The summed E-state index contributed by atoms with van der Waals surface area (Å²) in [6.45, 7) is 0.291. The number of carbonyl (C=O) groups is 2. The highest BCUT2D eigenvalue weighted by molar-refractivity contribution is 7.98. The Balaban J connectivity index is 1.47. The molecule has 0 heterocycles. The van der Waals surface area contributed by atoms with Gasteiger partial charge in [0.15, 0.2) is 0 Å². The Morgan fingerprint density at radius 1 is 0.892 bits per heavy atom. The molecule has 0 bridgehead atoms. The zero-order chi connectivity index (χ0) is 26.2. The van der Waals surface area contributed by atoms with E-state index in [1.54, 1.807) is 42.1 Å². The van der Waals surface area contributed by atoms with Crippen LogP contribution in [0.2, 0.25) is 5.02 Å². The molecule has 0 aliphatic rings. The average molecular weight is 528 g/mol. The van der Waals surface area contributed by atoms with Gasteiger partial charge in [0.1, 0.15) is 0 Å². The van der Waals surface area contributed by atoms with Gasteiger partial charge in [0.25, 0.3) is 11.8 Å². The molecule has 37 heavy (non-hydrogen) atoms. The molecular weight excluding hydrogens is 502 g/mol. The summed E-state index contributed by atoms with van der Waals surface area (Å²) in [4.78, 5) is 27.0. The smallest absolute Gasteiger partial charge is 0.255 e. The Labute approximate surface area is 225 Å². The fraction of sp³-hybridized carbons (Fsp3) is 0.0667. The molecule has 0 unspecified atom stereocenters. The van der Waals surface area contributed by atoms with Crippen molar-refractivity contribution in [3.8, 4) is 0 Å². The third-order valence-electron chi connectivity index (χ3n) is 5.71. The maximum absolute atomic E-state index is 13.3. The second-order valence-electron chi connectivity index (χ2n) is 8.23. The van der Waals surface area contributed by atoms with Crippen LogP contribution < -0.4 is 16.4 Å². The summed E-state index contributed by atoms with van der Waals surface area (Å²) in [6.07, 6.45) is 3.86. The number of carbonyl (C=O) groups excluding carboxylic acids is 2. The number of hydrogen-bond acceptors (Lipinski definition) is 4. The van der Waals surface area contributed by atoms with Crippen molar-refractivity contribution in [3.05, 3.63) is 124 Å². The molecule has 0 fully saturated rings. The van der Waals surface area contributed by atoms with E-state index in [0.717, 1.165) is 16.0 Å². The molecule has 0 aliphatic carbocycles. The fourth-order valence-corrected chi connectivity index (χ4v) is 4.31. The minimum atomic E-state index is -0.259. The Morgan fingerprint density at radius 3 is 2.24 bits per heavy atom. The van der Waals surface area contributed by atoms with Gasteiger partial charge in [-0.3, -0.25) is 9.59 Å². The van der Waals surface area contributed by atoms with Crippen LogP contribution in [0.1, 0.15) is 27.0 Å². The molecule has 0 saturated heterocycles. The first-order chi connectivity index (χ1) is 17.9. The lowest BCUT2D eigenvalue weighted by molar-refractivity contribution is -0.115. The van der Waals surface area contributed by atoms with Gasteiger partial charge in [-0.25, -0.2) is 0 Å². The van der Waals surface area contributed by atoms with Crippen LogP contribution in [0, 0.1) is 0 Å². The molecule has 4 aromatic carbocycles. The van der Waals surface area contributed by atoms with Crippen molar-refractivity contribution in [2.45, 2.75) is 11.4 Å². The number of halogens is 1. The highest BCUT2D eigenvalue weighted by Gasteiger charge is 2.15. The van der Waals surface area contributed by atoms with Crippen molar-refractivity contribution >= 4 is 58.2 Å². The van der Waals surface area contributed by atoms with Crippen molar-refractivity contribution in [2.75, 3.05) is 17.3 Å². The quantitative estimate of drug-likeness (QED) is 0.102. The molecule has 4 N–H and O–H groups in total. The third kappa shape index (κ3) is 6.82. The normalized spacial score (nSPS) is 11.1. The first-order valence-electron chi connectivity index (χ1n) is 11.6. The maximum atomic E-state index is 13.3. The first-order valence-corrected chi connectivity index (χ1v) is 13.2. The molecule has 7 heteroatoms. The lowest BCUT2D eigenvalue weighted by Crippen LogP contribution is -2.24. The van der Waals surface area contributed by atoms with Gasteiger partial charge in [0.2, 0.25) is 0 Å². The van der Waals surface area contributed by atoms with Gasteiger partial charge in [-0.1, -0.05) is 66.2 Å². The predicted octanol–water partition coefficient (Wildman–Crippen LogP) is 6.75. The largest absolute Gasteiger partial charge is 0.397 e. The van der Waals surface area contributed by atoms with Gasteiger partial charge < -0.3 is 16.4 Å². The summed E-state index contributed by atoms with van der Waals surface area (Å²) in [6, 6.07) is 29.4. The zero-order valence-electron chi connectivity index (χ0n) is 20.2. The molecule has 4 rings (SSSR count). The van der Waals surface area contributed by atoms with E-state index in [2.05, 4.69) is 10.6 Å². The van der Waals surface area contributed by atoms with Crippen molar-refractivity contribution in [2.24, 2.45) is 0 Å². The lowest BCUT2D eigenvalue weighted by atomic mass is 10.0. The van der Waals surface area contributed by atoms with E-state index in [-0.39, 0.29) is 11.8 Å². The first kappa shape index (κ1) is 26.1. The van der Waals surface area contributed by atoms with Crippen LogP contribution in [0.3, 0.4) is 0 Å². The molecule has 0 aromatic heterocycles. The Morgan fingerprint density at radius 2 is 1.57 bits per heavy atom. The minimum Gasteiger partial charge on any atom is -0.397 e. The topological polar surface area (TPSA) is 84.2 Å².